The summed E-state index contributed by atoms with van der Waals surface area (Å²) >= 11 is 0. The van der Waals surface area contributed by atoms with Crippen molar-refractivity contribution in [3.63, 3.8) is 0 Å². The van der Waals surface area contributed by atoms with Crippen LogP contribution < -0.4 is 4.90 Å². The maximum Gasteiger partial charge on any atom is 0.342 e. The Labute approximate surface area is 168 Å². The van der Waals surface area contributed by atoms with E-state index < -0.39 is 18.5 Å². The smallest absolute Gasteiger partial charge is 0.342 e. The van der Waals surface area contributed by atoms with Crippen molar-refractivity contribution < 1.29 is 14.3 Å². The highest BCUT2D eigenvalue weighted by Crippen LogP contribution is 2.16. The Morgan fingerprint density at radius 1 is 1.17 bits per heavy atom. The average molecular weight is 389 g/mol. The predicted molar refractivity (Wildman–Crippen MR) is 105 cm³/mol. The highest BCUT2D eigenvalue weighted by atomic mass is 16.5. The maximum atomic E-state index is 12.6. The summed E-state index contributed by atoms with van der Waals surface area (Å²) in [7, 11) is 0. The number of esters is 1. The predicted octanol–water partition coefficient (Wildman–Crippen LogP) is 2.68. The number of rotatable bonds is 7. The van der Waals surface area contributed by atoms with E-state index in [-0.39, 0.29) is 18.5 Å². The van der Waals surface area contributed by atoms with Crippen LogP contribution in [0.1, 0.15) is 22.5 Å². The fourth-order valence-electron chi connectivity index (χ4n) is 2.77. The number of nitrogens with zero attached hydrogens (tertiary/aromatic N) is 5. The molecule has 0 N–H and O–H groups in total. The van der Waals surface area contributed by atoms with Crippen LogP contribution in [0, 0.1) is 18.3 Å². The van der Waals surface area contributed by atoms with E-state index in [1.54, 1.807) is 49.5 Å². The number of nitriles is 1. The maximum absolute atomic E-state index is 12.6. The molecule has 0 saturated carbocycles. The summed E-state index contributed by atoms with van der Waals surface area (Å²) < 4.78 is 6.74. The summed E-state index contributed by atoms with van der Waals surface area (Å²) in [6.45, 7) is 1.50. The first-order chi connectivity index (χ1) is 14.1. The van der Waals surface area contributed by atoms with E-state index in [0.29, 0.717) is 17.2 Å². The molecule has 0 radical (unpaired) electrons. The molecular formula is C21H19N5O3. The van der Waals surface area contributed by atoms with Crippen molar-refractivity contribution >= 4 is 17.6 Å². The van der Waals surface area contributed by atoms with Gasteiger partial charge in [0.15, 0.2) is 12.4 Å². The summed E-state index contributed by atoms with van der Waals surface area (Å²) in [6, 6.07) is 16.3. The van der Waals surface area contributed by atoms with Gasteiger partial charge in [0.1, 0.15) is 5.56 Å². The molecule has 0 unspecified atom stereocenters. The summed E-state index contributed by atoms with van der Waals surface area (Å²) in [4.78, 5) is 30.7. The molecule has 2 aromatic heterocycles. The monoisotopic (exact) mass is 389 g/mol. The lowest BCUT2D eigenvalue weighted by Crippen LogP contribution is -2.35. The van der Waals surface area contributed by atoms with Gasteiger partial charge >= 0.3 is 5.97 Å². The third-order valence-corrected chi connectivity index (χ3v) is 4.24. The van der Waals surface area contributed by atoms with Crippen LogP contribution in [-0.4, -0.2) is 39.8 Å². The first-order valence-electron chi connectivity index (χ1n) is 8.97. The van der Waals surface area contributed by atoms with Crippen LogP contribution in [0.4, 0.5) is 5.69 Å². The summed E-state index contributed by atoms with van der Waals surface area (Å²) in [5.74, 6) is -0.479. The summed E-state index contributed by atoms with van der Waals surface area (Å²) in [6.07, 6.45) is 3.19. The molecule has 1 aromatic carbocycles. The van der Waals surface area contributed by atoms with Gasteiger partial charge in [-0.1, -0.05) is 24.3 Å². The quantitative estimate of drug-likeness (QED) is 0.576. The number of aromatic nitrogens is 3. The van der Waals surface area contributed by atoms with Gasteiger partial charge in [0.05, 0.1) is 24.4 Å². The highest BCUT2D eigenvalue weighted by Gasteiger charge is 2.21. The van der Waals surface area contributed by atoms with Crippen LogP contribution in [0.5, 0.6) is 0 Å². The Kier molecular flexibility index (Phi) is 6.32. The Hall–Kier alpha value is -3.99. The molecule has 8 nitrogen and oxygen atoms in total. The molecule has 0 atom stereocenters. The van der Waals surface area contributed by atoms with Crippen LogP contribution in [0.15, 0.2) is 60.9 Å². The first kappa shape index (κ1) is 19.8. The fourth-order valence-corrected chi connectivity index (χ4v) is 2.77. The molecule has 0 bridgehead atoms. The minimum Gasteiger partial charge on any atom is -0.452 e. The number of hydrogen-bond acceptors (Lipinski definition) is 6. The number of pyridine rings is 1. The van der Waals surface area contributed by atoms with Crippen molar-refractivity contribution in [2.24, 2.45) is 0 Å². The SMILES string of the molecule is Cc1c(C(=O)OCC(=O)N(CCC#N)c2ccccc2)cnn1-c1ccccn1. The second-order valence-electron chi connectivity index (χ2n) is 6.11. The zero-order chi connectivity index (χ0) is 20.6. The van der Waals surface area contributed by atoms with E-state index in [4.69, 9.17) is 10.00 Å². The number of carbonyl (C=O) groups excluding carboxylic acids is 2. The zero-order valence-electron chi connectivity index (χ0n) is 15.9. The van der Waals surface area contributed by atoms with Crippen molar-refractivity contribution in [1.29, 1.82) is 5.26 Å². The van der Waals surface area contributed by atoms with E-state index in [1.807, 2.05) is 18.2 Å². The number of hydrogen-bond donors (Lipinski definition) is 0. The molecule has 0 aliphatic carbocycles. The van der Waals surface area contributed by atoms with Gasteiger partial charge in [-0.2, -0.15) is 10.4 Å². The molecule has 0 saturated heterocycles. The van der Waals surface area contributed by atoms with Gasteiger partial charge in [0, 0.05) is 18.4 Å². The van der Waals surface area contributed by atoms with Crippen molar-refractivity contribution in [1.82, 2.24) is 14.8 Å². The number of benzene rings is 1. The first-order valence-corrected chi connectivity index (χ1v) is 8.97. The normalized spacial score (nSPS) is 10.2. The Bertz CT molecular complexity index is 1030. The van der Waals surface area contributed by atoms with Gasteiger partial charge in [0.2, 0.25) is 0 Å². The highest BCUT2D eigenvalue weighted by molar-refractivity contribution is 5.97. The van der Waals surface area contributed by atoms with Crippen molar-refractivity contribution in [3.8, 4) is 11.9 Å². The molecule has 0 aliphatic heterocycles. The molecule has 3 aromatic rings. The van der Waals surface area contributed by atoms with E-state index in [2.05, 4.69) is 10.1 Å². The van der Waals surface area contributed by atoms with Gasteiger partial charge in [-0.25, -0.2) is 14.5 Å². The molecule has 2 heterocycles. The topological polar surface area (TPSA) is 101 Å². The van der Waals surface area contributed by atoms with E-state index in [1.165, 1.54) is 15.8 Å². The lowest BCUT2D eigenvalue weighted by atomic mass is 10.2. The van der Waals surface area contributed by atoms with Crippen LogP contribution in [0.25, 0.3) is 5.82 Å². The van der Waals surface area contributed by atoms with Gasteiger partial charge in [-0.3, -0.25) is 4.79 Å². The number of amides is 1. The molecule has 3 rings (SSSR count). The minimum absolute atomic E-state index is 0.171. The van der Waals surface area contributed by atoms with E-state index in [0.717, 1.165) is 0 Å². The Balaban J connectivity index is 1.69. The Morgan fingerprint density at radius 3 is 2.62 bits per heavy atom. The van der Waals surface area contributed by atoms with Crippen LogP contribution in [-0.2, 0) is 9.53 Å². The lowest BCUT2D eigenvalue weighted by molar-refractivity contribution is -0.121. The van der Waals surface area contributed by atoms with Crippen LogP contribution in [0.3, 0.4) is 0 Å². The van der Waals surface area contributed by atoms with Crippen LogP contribution in [0.2, 0.25) is 0 Å². The largest absolute Gasteiger partial charge is 0.452 e. The second kappa shape index (κ2) is 9.28. The molecular weight excluding hydrogens is 370 g/mol. The number of carbonyl (C=O) groups is 2. The average Bonchev–Trinajstić information content (AvgIpc) is 3.15. The summed E-state index contributed by atoms with van der Waals surface area (Å²) in [5.41, 5.74) is 1.46. The molecule has 0 spiro atoms. The lowest BCUT2D eigenvalue weighted by Gasteiger charge is -2.21. The van der Waals surface area contributed by atoms with E-state index >= 15 is 0 Å². The third kappa shape index (κ3) is 4.65. The number of para-hydroxylation sites is 1. The number of ether oxygens (including phenoxy) is 1. The molecule has 29 heavy (non-hydrogen) atoms. The summed E-state index contributed by atoms with van der Waals surface area (Å²) in [5, 5.41) is 13.0. The van der Waals surface area contributed by atoms with Gasteiger partial charge in [-0.05, 0) is 31.2 Å². The molecule has 146 valence electrons. The van der Waals surface area contributed by atoms with Crippen molar-refractivity contribution in [2.75, 3.05) is 18.1 Å². The second-order valence-corrected chi connectivity index (χ2v) is 6.11. The van der Waals surface area contributed by atoms with Crippen molar-refractivity contribution in [3.05, 3.63) is 72.2 Å². The molecule has 8 heteroatoms. The molecule has 1 amide bonds. The number of anilines is 1. The fraction of sp³-hybridized carbons (Fsp3) is 0.190. The molecule has 0 fully saturated rings. The standard InChI is InChI=1S/C21H19N5O3/c1-16-18(14-24-26(16)19-10-5-6-12-23-19)21(28)29-15-20(27)25(13-7-11-22)17-8-3-2-4-9-17/h2-6,8-10,12,14H,7,13,15H2,1H3. The van der Waals surface area contributed by atoms with Gasteiger partial charge in [0.25, 0.3) is 5.91 Å². The van der Waals surface area contributed by atoms with Crippen molar-refractivity contribution in [2.45, 2.75) is 13.3 Å². The van der Waals surface area contributed by atoms with Gasteiger partial charge in [-0.15, -0.1) is 0 Å². The minimum atomic E-state index is -0.647. The van der Waals surface area contributed by atoms with E-state index in [9.17, 15) is 9.59 Å². The molecule has 0 aliphatic rings. The Morgan fingerprint density at radius 2 is 1.93 bits per heavy atom. The third-order valence-electron chi connectivity index (χ3n) is 4.24. The van der Waals surface area contributed by atoms with Crippen LogP contribution >= 0.6 is 0 Å². The zero-order valence-corrected chi connectivity index (χ0v) is 15.9. The van der Waals surface area contributed by atoms with Gasteiger partial charge < -0.3 is 9.64 Å².